The number of benzene rings is 1. The van der Waals surface area contributed by atoms with Crippen LogP contribution in [0.1, 0.15) is 35.2 Å². The number of hydrogen-bond acceptors (Lipinski definition) is 6. The van der Waals surface area contributed by atoms with Crippen LogP contribution in [0.3, 0.4) is 0 Å². The fourth-order valence-corrected chi connectivity index (χ4v) is 3.70. The zero-order valence-corrected chi connectivity index (χ0v) is 15.0. The molecule has 1 aliphatic rings. The topological polar surface area (TPSA) is 133 Å². The van der Waals surface area contributed by atoms with E-state index in [1.807, 2.05) is 0 Å². The first-order valence-corrected chi connectivity index (χ1v) is 8.71. The summed E-state index contributed by atoms with van der Waals surface area (Å²) in [6.45, 7) is -0.521. The molecule has 0 bridgehead atoms. The van der Waals surface area contributed by atoms with Gasteiger partial charge in [0.2, 0.25) is 0 Å². The summed E-state index contributed by atoms with van der Waals surface area (Å²) in [7, 11) is 0. The zero-order valence-electron chi connectivity index (χ0n) is 15.0. The van der Waals surface area contributed by atoms with Gasteiger partial charge in [-0.05, 0) is 48.9 Å². The highest BCUT2D eigenvalue weighted by Gasteiger charge is 2.38. The quantitative estimate of drug-likeness (QED) is 0.405. The zero-order chi connectivity index (χ0) is 20.6. The summed E-state index contributed by atoms with van der Waals surface area (Å²) >= 11 is 0. The van der Waals surface area contributed by atoms with Gasteiger partial charge in [-0.3, -0.25) is 5.41 Å². The minimum atomic E-state index is -4.85. The number of alkyl halides is 3. The number of nitrogens with zero attached hydrogens (tertiary/aromatic N) is 1. The van der Waals surface area contributed by atoms with Crippen LogP contribution in [0.2, 0.25) is 0 Å². The van der Waals surface area contributed by atoms with E-state index in [9.17, 15) is 18.3 Å². The van der Waals surface area contributed by atoms with E-state index in [0.717, 1.165) is 24.6 Å². The Morgan fingerprint density at radius 2 is 1.82 bits per heavy atom. The van der Waals surface area contributed by atoms with E-state index in [-0.39, 0.29) is 11.4 Å². The van der Waals surface area contributed by atoms with Crippen molar-refractivity contribution in [1.29, 1.82) is 10.8 Å². The van der Waals surface area contributed by atoms with E-state index in [1.165, 1.54) is 6.07 Å². The fraction of sp³-hybridized carbons (Fsp3) is 0.316. The lowest BCUT2D eigenvalue weighted by Crippen LogP contribution is -2.25. The first-order valence-electron chi connectivity index (χ1n) is 8.71. The molecule has 0 saturated heterocycles. The van der Waals surface area contributed by atoms with Crippen LogP contribution in [0.4, 0.5) is 18.9 Å². The van der Waals surface area contributed by atoms with Crippen molar-refractivity contribution in [3.8, 4) is 0 Å². The fourth-order valence-electron chi connectivity index (χ4n) is 3.70. The van der Waals surface area contributed by atoms with Crippen LogP contribution >= 0.6 is 0 Å². The van der Waals surface area contributed by atoms with Crippen LogP contribution in [-0.4, -0.2) is 34.3 Å². The number of halogens is 3. The summed E-state index contributed by atoms with van der Waals surface area (Å²) in [4.78, 5) is 4.39. The highest BCUT2D eigenvalue weighted by Crippen LogP contribution is 2.38. The monoisotopic (exact) mass is 391 g/mol. The van der Waals surface area contributed by atoms with E-state index in [2.05, 4.69) is 4.98 Å². The summed E-state index contributed by atoms with van der Waals surface area (Å²) in [5.41, 5.74) is 11.8. The molecule has 0 saturated carbocycles. The van der Waals surface area contributed by atoms with Gasteiger partial charge in [-0.2, -0.15) is 13.2 Å². The van der Waals surface area contributed by atoms with Gasteiger partial charge in [0, 0.05) is 28.4 Å². The van der Waals surface area contributed by atoms with Crippen molar-refractivity contribution < 1.29 is 18.3 Å². The van der Waals surface area contributed by atoms with E-state index in [4.69, 9.17) is 22.3 Å². The molecule has 2 aromatic rings. The Bertz CT molecular complexity index is 1010. The van der Waals surface area contributed by atoms with Crippen LogP contribution < -0.4 is 11.5 Å². The molecule has 148 valence electrons. The number of pyridine rings is 1. The molecule has 0 spiro atoms. The average molecular weight is 391 g/mol. The molecular formula is C19H20F3N5O. The molecule has 0 unspecified atom stereocenters. The van der Waals surface area contributed by atoms with Crippen LogP contribution in [-0.2, 0) is 12.8 Å². The Kier molecular flexibility index (Phi) is 5.12. The van der Waals surface area contributed by atoms with Gasteiger partial charge < -0.3 is 22.0 Å². The molecule has 0 aliphatic heterocycles. The number of allylic oxidation sites excluding steroid dienone is 1. The van der Waals surface area contributed by atoms with Crippen molar-refractivity contribution in [2.45, 2.75) is 31.9 Å². The molecule has 28 heavy (non-hydrogen) atoms. The number of fused-ring (bicyclic) bond motifs is 3. The van der Waals surface area contributed by atoms with Crippen molar-refractivity contribution in [3.05, 3.63) is 40.7 Å². The number of aliphatic hydroxyl groups excluding tert-OH is 1. The third-order valence-corrected chi connectivity index (χ3v) is 4.94. The number of aromatic nitrogens is 1. The molecule has 1 aromatic heterocycles. The Labute approximate surface area is 159 Å². The lowest BCUT2D eigenvalue weighted by atomic mass is 9.83. The van der Waals surface area contributed by atoms with Crippen LogP contribution in [0, 0.1) is 10.8 Å². The van der Waals surface area contributed by atoms with Gasteiger partial charge >= 0.3 is 6.18 Å². The Balaban J connectivity index is 2.38. The van der Waals surface area contributed by atoms with Crippen LogP contribution in [0.5, 0.6) is 0 Å². The number of nitrogens with two attached hydrogens (primary N) is 2. The molecule has 0 atom stereocenters. The van der Waals surface area contributed by atoms with Crippen LogP contribution in [0.25, 0.3) is 16.5 Å². The van der Waals surface area contributed by atoms with Crippen molar-refractivity contribution >= 4 is 33.6 Å². The van der Waals surface area contributed by atoms with Gasteiger partial charge in [-0.1, -0.05) is 0 Å². The molecule has 3 rings (SSSR count). The minimum absolute atomic E-state index is 0.0401. The third kappa shape index (κ3) is 3.22. The van der Waals surface area contributed by atoms with Crippen molar-refractivity contribution in [2.75, 3.05) is 12.3 Å². The Morgan fingerprint density at radius 1 is 1.18 bits per heavy atom. The van der Waals surface area contributed by atoms with E-state index in [1.54, 1.807) is 6.07 Å². The Morgan fingerprint density at radius 3 is 2.39 bits per heavy atom. The van der Waals surface area contributed by atoms with Crippen molar-refractivity contribution in [2.24, 2.45) is 5.73 Å². The van der Waals surface area contributed by atoms with Crippen molar-refractivity contribution in [3.63, 3.8) is 0 Å². The van der Waals surface area contributed by atoms with Crippen LogP contribution in [0.15, 0.2) is 18.3 Å². The van der Waals surface area contributed by atoms with Gasteiger partial charge in [0.15, 0.2) is 0 Å². The summed E-state index contributed by atoms with van der Waals surface area (Å²) in [6.07, 6.45) is -1.43. The van der Waals surface area contributed by atoms with Gasteiger partial charge in [0.25, 0.3) is 0 Å². The molecule has 1 aliphatic carbocycles. The molecule has 1 heterocycles. The molecule has 0 radical (unpaired) electrons. The molecule has 6 nitrogen and oxygen atoms in total. The Hall–Kier alpha value is -2.94. The normalized spacial score (nSPS) is 14.8. The molecule has 0 fully saturated rings. The summed E-state index contributed by atoms with van der Waals surface area (Å²) in [5.74, 6) is 0. The highest BCUT2D eigenvalue weighted by molar-refractivity contribution is 6.25. The van der Waals surface area contributed by atoms with Gasteiger partial charge in [-0.15, -0.1) is 0 Å². The predicted molar refractivity (Wildman–Crippen MR) is 103 cm³/mol. The highest BCUT2D eigenvalue weighted by atomic mass is 19.4. The second-order valence-corrected chi connectivity index (χ2v) is 6.64. The smallest absolute Gasteiger partial charge is 0.404 e. The first-order chi connectivity index (χ1) is 13.2. The van der Waals surface area contributed by atoms with Crippen molar-refractivity contribution in [1.82, 2.24) is 4.98 Å². The molecule has 9 heteroatoms. The maximum Gasteiger partial charge on any atom is 0.433 e. The summed E-state index contributed by atoms with van der Waals surface area (Å²) in [5, 5.41) is 25.6. The minimum Gasteiger partial charge on any atom is -0.404 e. The second kappa shape index (κ2) is 7.23. The maximum absolute atomic E-state index is 13.2. The third-order valence-electron chi connectivity index (χ3n) is 4.94. The van der Waals surface area contributed by atoms with E-state index >= 15 is 0 Å². The van der Waals surface area contributed by atoms with E-state index in [0.29, 0.717) is 40.6 Å². The molecule has 0 amide bonds. The molecular weight excluding hydrogens is 371 g/mol. The number of aryl methyl sites for hydroxylation is 1. The van der Waals surface area contributed by atoms with Gasteiger partial charge in [0.05, 0.1) is 23.5 Å². The maximum atomic E-state index is 13.2. The number of aliphatic hydroxyl groups is 1. The average Bonchev–Trinajstić information content (AvgIpc) is 2.67. The number of rotatable bonds is 4. The number of nitrogens with one attached hydrogen (secondary N) is 2. The summed E-state index contributed by atoms with van der Waals surface area (Å²) < 4.78 is 39.5. The predicted octanol–water partition coefficient (Wildman–Crippen LogP) is 2.94. The molecule has 7 N–H and O–H groups in total. The first kappa shape index (κ1) is 19.8. The van der Waals surface area contributed by atoms with Gasteiger partial charge in [-0.25, -0.2) is 4.98 Å². The standard InChI is InChI=1S/C19H20F3N5O/c20-19(21,22)18(26)11(7-23)17-10-4-2-1-3-9(10)15-14(27-17)6-5-12(24)16(15)13(25)8-28/h5-7,25-26,28H,1-4,8,23-24H2/b11-7-,25-13?,26-18?. The second-order valence-electron chi connectivity index (χ2n) is 6.64. The van der Waals surface area contributed by atoms with Gasteiger partial charge in [0.1, 0.15) is 5.71 Å². The van der Waals surface area contributed by atoms with E-state index < -0.39 is 24.1 Å². The lowest BCUT2D eigenvalue weighted by Gasteiger charge is -2.24. The number of nitrogen functional groups attached to an aromatic ring is 1. The lowest BCUT2D eigenvalue weighted by molar-refractivity contribution is -0.0578. The largest absolute Gasteiger partial charge is 0.433 e. The molecule has 1 aromatic carbocycles. The SMILES string of the molecule is N=C(CO)c1c(N)ccc2nc(/C(=C/N)C(=N)C(F)(F)F)c3c(c12)CCCC3. The summed E-state index contributed by atoms with van der Waals surface area (Å²) in [6, 6.07) is 3.08. The number of anilines is 1. The number of hydrogen-bond donors (Lipinski definition) is 5.